The number of carbonyl (C=O) groups is 4. The van der Waals surface area contributed by atoms with Gasteiger partial charge in [-0.05, 0) is 57.8 Å². The zero-order chi connectivity index (χ0) is 53.3. The third kappa shape index (κ3) is 39.3. The van der Waals surface area contributed by atoms with Crippen molar-refractivity contribution in [3.05, 3.63) is 72.9 Å². The Morgan fingerprint density at radius 1 is 0.466 bits per heavy atom. The first-order valence-electron chi connectivity index (χ1n) is 28.9. The number of hydrogen-bond acceptors (Lipinski definition) is 11. The molecule has 418 valence electrons. The summed E-state index contributed by atoms with van der Waals surface area (Å²) in [5.74, 6) is -3.22. The van der Waals surface area contributed by atoms with Crippen LogP contribution in [0.4, 0.5) is 0 Å². The van der Waals surface area contributed by atoms with E-state index in [1.807, 2.05) is 12.2 Å². The summed E-state index contributed by atoms with van der Waals surface area (Å²) in [4.78, 5) is 51.0. The molecular formula is C61H102O12. The van der Waals surface area contributed by atoms with Gasteiger partial charge in [0.15, 0.2) is 24.6 Å². The molecule has 3 N–H and O–H groups in total. The van der Waals surface area contributed by atoms with E-state index in [2.05, 4.69) is 81.5 Å². The average molecular weight is 1030 g/mol. The number of carboxylic acids is 1. The second kappa shape index (κ2) is 49.1. The fourth-order valence-electron chi connectivity index (χ4n) is 8.39. The molecule has 1 aliphatic rings. The number of esters is 3. The molecule has 1 rings (SSSR count). The van der Waals surface area contributed by atoms with Crippen molar-refractivity contribution in [2.24, 2.45) is 0 Å². The summed E-state index contributed by atoms with van der Waals surface area (Å²) in [6.07, 6.45) is 48.9. The Balaban J connectivity index is 2.73. The molecule has 0 aliphatic carbocycles. The van der Waals surface area contributed by atoms with E-state index in [0.29, 0.717) is 19.3 Å². The van der Waals surface area contributed by atoms with Crippen molar-refractivity contribution in [1.29, 1.82) is 0 Å². The highest BCUT2D eigenvalue weighted by Crippen LogP contribution is 2.26. The number of carbonyl (C=O) groups excluding carboxylic acids is 3. The van der Waals surface area contributed by atoms with Crippen molar-refractivity contribution in [1.82, 2.24) is 0 Å². The number of aliphatic hydroxyl groups is 2. The third-order valence-electron chi connectivity index (χ3n) is 12.8. The van der Waals surface area contributed by atoms with E-state index in [0.717, 1.165) is 83.5 Å². The Morgan fingerprint density at radius 2 is 0.863 bits per heavy atom. The second-order valence-corrected chi connectivity index (χ2v) is 19.6. The lowest BCUT2D eigenvalue weighted by Gasteiger charge is -2.40. The normalized spacial score (nSPS) is 18.8. The summed E-state index contributed by atoms with van der Waals surface area (Å²) in [6, 6.07) is 0. The van der Waals surface area contributed by atoms with E-state index in [-0.39, 0.29) is 25.9 Å². The molecule has 0 aromatic rings. The van der Waals surface area contributed by atoms with Gasteiger partial charge in [-0.25, -0.2) is 4.79 Å². The SMILES string of the molecule is CC/C=C\C/C=C\C/C=C\C/C=C\C/C=C\C/C=C\CCC(=O)OCC(COC1OC(C(=O)O)C(O)C(O)C1OC(=O)CCCCCCCCCCCCC)OC(=O)CCCCCCCCCCCCCCC. The molecule has 1 aliphatic heterocycles. The highest BCUT2D eigenvalue weighted by atomic mass is 16.7. The molecule has 0 aromatic carbocycles. The van der Waals surface area contributed by atoms with E-state index in [1.165, 1.54) is 96.3 Å². The fraction of sp³-hybridized carbons (Fsp3) is 0.738. The topological polar surface area (TPSA) is 175 Å². The molecule has 6 unspecified atom stereocenters. The zero-order valence-electron chi connectivity index (χ0n) is 45.9. The Bertz CT molecular complexity index is 1550. The van der Waals surface area contributed by atoms with Gasteiger partial charge in [0.2, 0.25) is 0 Å². The van der Waals surface area contributed by atoms with Crippen molar-refractivity contribution < 1.29 is 58.2 Å². The summed E-state index contributed by atoms with van der Waals surface area (Å²) < 4.78 is 28.3. The Labute approximate surface area is 442 Å². The molecule has 1 saturated heterocycles. The lowest BCUT2D eigenvalue weighted by Crippen LogP contribution is -2.61. The van der Waals surface area contributed by atoms with Crippen molar-refractivity contribution in [2.45, 2.75) is 276 Å². The van der Waals surface area contributed by atoms with Crippen LogP contribution in [0.5, 0.6) is 0 Å². The number of allylic oxidation sites excluding steroid dienone is 12. The van der Waals surface area contributed by atoms with Crippen molar-refractivity contribution >= 4 is 23.9 Å². The maximum atomic E-state index is 13.1. The summed E-state index contributed by atoms with van der Waals surface area (Å²) in [5, 5.41) is 31.4. The zero-order valence-corrected chi connectivity index (χ0v) is 45.9. The van der Waals surface area contributed by atoms with Crippen LogP contribution < -0.4 is 0 Å². The first-order valence-corrected chi connectivity index (χ1v) is 28.9. The predicted molar refractivity (Wildman–Crippen MR) is 294 cm³/mol. The van der Waals surface area contributed by atoms with Gasteiger partial charge >= 0.3 is 23.9 Å². The first kappa shape index (κ1) is 67.2. The number of hydrogen-bond donors (Lipinski definition) is 3. The van der Waals surface area contributed by atoms with Crippen LogP contribution in [0.3, 0.4) is 0 Å². The lowest BCUT2D eigenvalue weighted by atomic mass is 9.98. The maximum absolute atomic E-state index is 13.1. The van der Waals surface area contributed by atoms with Crippen molar-refractivity contribution in [3.63, 3.8) is 0 Å². The molecule has 0 spiro atoms. The smallest absolute Gasteiger partial charge is 0.335 e. The first-order chi connectivity index (χ1) is 35.6. The number of aliphatic carboxylic acids is 1. The minimum absolute atomic E-state index is 0.0549. The number of unbranched alkanes of at least 4 members (excludes halogenated alkanes) is 22. The number of aliphatic hydroxyl groups excluding tert-OH is 2. The second-order valence-electron chi connectivity index (χ2n) is 19.6. The van der Waals surface area contributed by atoms with Crippen LogP contribution in [0.25, 0.3) is 0 Å². The van der Waals surface area contributed by atoms with E-state index in [4.69, 9.17) is 23.7 Å². The third-order valence-corrected chi connectivity index (χ3v) is 12.8. The van der Waals surface area contributed by atoms with Gasteiger partial charge < -0.3 is 39.0 Å². The molecule has 0 aromatic heterocycles. The van der Waals surface area contributed by atoms with Gasteiger partial charge in [-0.2, -0.15) is 0 Å². The fourth-order valence-corrected chi connectivity index (χ4v) is 8.39. The van der Waals surface area contributed by atoms with Crippen LogP contribution in [-0.4, -0.2) is 89.2 Å². The number of ether oxygens (including phenoxy) is 5. The van der Waals surface area contributed by atoms with Crippen LogP contribution in [-0.2, 0) is 42.9 Å². The van der Waals surface area contributed by atoms with Crippen molar-refractivity contribution in [2.75, 3.05) is 13.2 Å². The molecule has 6 atom stereocenters. The summed E-state index contributed by atoms with van der Waals surface area (Å²) in [6.45, 7) is 5.80. The van der Waals surface area contributed by atoms with Gasteiger partial charge in [-0.15, -0.1) is 0 Å². The van der Waals surface area contributed by atoms with Crippen LogP contribution in [0.15, 0.2) is 72.9 Å². The molecule has 1 fully saturated rings. The Kier molecular flexibility index (Phi) is 45.1. The van der Waals surface area contributed by atoms with E-state index in [9.17, 15) is 34.5 Å². The summed E-state index contributed by atoms with van der Waals surface area (Å²) >= 11 is 0. The Morgan fingerprint density at radius 3 is 1.29 bits per heavy atom. The van der Waals surface area contributed by atoms with Crippen LogP contribution in [0, 0.1) is 0 Å². The minimum atomic E-state index is -1.91. The van der Waals surface area contributed by atoms with Crippen LogP contribution in [0.1, 0.15) is 239 Å². The van der Waals surface area contributed by atoms with E-state index >= 15 is 0 Å². The Hall–Kier alpha value is -3.84. The highest BCUT2D eigenvalue weighted by Gasteiger charge is 2.50. The van der Waals surface area contributed by atoms with Crippen LogP contribution in [0.2, 0.25) is 0 Å². The number of rotatable bonds is 48. The van der Waals surface area contributed by atoms with Crippen LogP contribution >= 0.6 is 0 Å². The standard InChI is InChI=1S/C61H102O12/c1-4-7-10-13-16-19-22-24-25-26-27-28-29-31-33-35-38-41-44-47-53(62)69-50-52(71-54(63)48-45-42-39-37-34-30-23-20-17-14-11-8-5-2)51-70-61-59(57(66)56(65)58(73-61)60(67)68)72-55(64)49-46-43-40-36-32-21-18-15-12-9-6-3/h7,10,16,19,24-25,27-28,31,33,38,41,52,56-59,61,65-66H,4-6,8-9,11-15,17-18,20-23,26,29-30,32,34-37,39-40,42-51H2,1-3H3,(H,67,68)/b10-7-,19-16-,25-24-,28-27-,33-31-,41-38-. The number of carboxylic acid groups (broad SMARTS) is 1. The van der Waals surface area contributed by atoms with Gasteiger partial charge in [0.25, 0.3) is 0 Å². The monoisotopic (exact) mass is 1030 g/mol. The molecule has 1 heterocycles. The molecule has 0 saturated carbocycles. The molecule has 0 amide bonds. The van der Waals surface area contributed by atoms with Gasteiger partial charge in [-0.1, -0.05) is 235 Å². The molecule has 12 heteroatoms. The lowest BCUT2D eigenvalue weighted by molar-refractivity contribution is -0.301. The molecule has 73 heavy (non-hydrogen) atoms. The quantitative estimate of drug-likeness (QED) is 0.0228. The van der Waals surface area contributed by atoms with E-state index in [1.54, 1.807) is 0 Å². The average Bonchev–Trinajstić information content (AvgIpc) is 3.37. The minimum Gasteiger partial charge on any atom is -0.479 e. The molecule has 12 nitrogen and oxygen atoms in total. The van der Waals surface area contributed by atoms with Gasteiger partial charge in [0.1, 0.15) is 18.8 Å². The summed E-state index contributed by atoms with van der Waals surface area (Å²) in [7, 11) is 0. The highest BCUT2D eigenvalue weighted by molar-refractivity contribution is 5.74. The predicted octanol–water partition coefficient (Wildman–Crippen LogP) is 14.6. The maximum Gasteiger partial charge on any atom is 0.335 e. The summed E-state index contributed by atoms with van der Waals surface area (Å²) in [5.41, 5.74) is 0. The van der Waals surface area contributed by atoms with Gasteiger partial charge in [0.05, 0.1) is 6.61 Å². The largest absolute Gasteiger partial charge is 0.479 e. The van der Waals surface area contributed by atoms with Gasteiger partial charge in [-0.3, -0.25) is 14.4 Å². The van der Waals surface area contributed by atoms with E-state index < -0.39 is 67.3 Å². The van der Waals surface area contributed by atoms with Gasteiger partial charge in [0, 0.05) is 19.3 Å². The molecule has 0 radical (unpaired) electrons. The van der Waals surface area contributed by atoms with Crippen molar-refractivity contribution in [3.8, 4) is 0 Å². The molecular weight excluding hydrogens is 925 g/mol. The molecule has 0 bridgehead atoms.